The molecular weight excluding hydrogens is 266 g/mol. The summed E-state index contributed by atoms with van der Waals surface area (Å²) in [6.07, 6.45) is 2.15. The van der Waals surface area contributed by atoms with E-state index in [1.165, 1.54) is 0 Å². The predicted molar refractivity (Wildman–Crippen MR) is 84.7 cm³/mol. The topological polar surface area (TPSA) is 65.9 Å². The second-order valence-electron chi connectivity index (χ2n) is 5.44. The number of aliphatic hydroxyl groups excluding tert-OH is 1. The molecule has 0 unspecified atom stereocenters. The average Bonchev–Trinajstić information content (AvgIpc) is 3.31. The van der Waals surface area contributed by atoms with Gasteiger partial charge in [0.05, 0.1) is 19.7 Å². The van der Waals surface area contributed by atoms with Gasteiger partial charge in [0.2, 0.25) is 0 Å². The minimum atomic E-state index is 0.0445. The van der Waals surface area contributed by atoms with E-state index in [0.29, 0.717) is 19.7 Å². The third-order valence-electron chi connectivity index (χ3n) is 3.62. The van der Waals surface area contributed by atoms with Crippen LogP contribution in [0.3, 0.4) is 0 Å². The summed E-state index contributed by atoms with van der Waals surface area (Å²) in [5, 5.41) is 15.8. The van der Waals surface area contributed by atoms with Gasteiger partial charge < -0.3 is 20.5 Å². The van der Waals surface area contributed by atoms with Crippen molar-refractivity contribution in [1.82, 2.24) is 10.6 Å². The normalized spacial score (nSPS) is 16.4. The highest BCUT2D eigenvalue weighted by molar-refractivity contribution is 5.79. The van der Waals surface area contributed by atoms with Gasteiger partial charge in [0.15, 0.2) is 5.96 Å². The molecule has 0 spiro atoms. The van der Waals surface area contributed by atoms with Crippen LogP contribution in [0, 0.1) is 5.41 Å². The maximum Gasteiger partial charge on any atom is 0.191 e. The number of benzene rings is 1. The summed E-state index contributed by atoms with van der Waals surface area (Å²) >= 11 is 0. The number of aliphatic hydroxyl groups is 1. The smallest absolute Gasteiger partial charge is 0.191 e. The van der Waals surface area contributed by atoms with Crippen LogP contribution in [-0.4, -0.2) is 43.9 Å². The SMILES string of the molecule is CCNC(=NCC1(CO)CC1)NCCOc1ccccc1. The molecule has 1 saturated carbocycles. The lowest BCUT2D eigenvalue weighted by Crippen LogP contribution is -2.39. The van der Waals surface area contributed by atoms with Gasteiger partial charge in [-0.1, -0.05) is 18.2 Å². The summed E-state index contributed by atoms with van der Waals surface area (Å²) in [6.45, 7) is 5.03. The fourth-order valence-corrected chi connectivity index (χ4v) is 1.99. The van der Waals surface area contributed by atoms with Crippen molar-refractivity contribution < 1.29 is 9.84 Å². The van der Waals surface area contributed by atoms with Crippen molar-refractivity contribution in [3.05, 3.63) is 30.3 Å². The predicted octanol–water partition coefficient (Wildman–Crippen LogP) is 1.39. The van der Waals surface area contributed by atoms with E-state index < -0.39 is 0 Å². The molecule has 2 rings (SSSR count). The maximum absolute atomic E-state index is 9.31. The van der Waals surface area contributed by atoms with E-state index in [1.54, 1.807) is 0 Å². The standard InChI is InChI=1S/C16H25N3O2/c1-2-17-15(19-12-16(13-20)8-9-16)18-10-11-21-14-6-4-3-5-7-14/h3-7,20H,2,8-13H2,1H3,(H2,17,18,19). The van der Waals surface area contributed by atoms with Crippen LogP contribution in [0.4, 0.5) is 0 Å². The minimum absolute atomic E-state index is 0.0445. The molecular formula is C16H25N3O2. The van der Waals surface area contributed by atoms with Crippen LogP contribution in [0.2, 0.25) is 0 Å². The summed E-state index contributed by atoms with van der Waals surface area (Å²) in [5.41, 5.74) is 0.0445. The average molecular weight is 291 g/mol. The lowest BCUT2D eigenvalue weighted by Gasteiger charge is -2.14. The Kier molecular flexibility index (Phi) is 5.87. The molecule has 5 heteroatoms. The Morgan fingerprint density at radius 2 is 2.05 bits per heavy atom. The second-order valence-corrected chi connectivity index (χ2v) is 5.44. The number of rotatable bonds is 8. The van der Waals surface area contributed by atoms with Gasteiger partial charge >= 0.3 is 0 Å². The van der Waals surface area contributed by atoms with Crippen molar-refractivity contribution in [2.45, 2.75) is 19.8 Å². The number of nitrogens with one attached hydrogen (secondary N) is 2. The largest absolute Gasteiger partial charge is 0.492 e. The van der Waals surface area contributed by atoms with Gasteiger partial charge in [0.25, 0.3) is 0 Å². The van der Waals surface area contributed by atoms with Crippen LogP contribution in [0.5, 0.6) is 5.75 Å². The van der Waals surface area contributed by atoms with E-state index in [4.69, 9.17) is 4.74 Å². The quantitative estimate of drug-likeness (QED) is 0.385. The summed E-state index contributed by atoms with van der Waals surface area (Å²) in [7, 11) is 0. The Hall–Kier alpha value is -1.75. The Bertz CT molecular complexity index is 444. The van der Waals surface area contributed by atoms with Gasteiger partial charge in [-0.2, -0.15) is 0 Å². The van der Waals surface area contributed by atoms with Crippen LogP contribution in [0.1, 0.15) is 19.8 Å². The highest BCUT2D eigenvalue weighted by Gasteiger charge is 2.41. The molecule has 3 N–H and O–H groups in total. The van der Waals surface area contributed by atoms with E-state index in [9.17, 15) is 5.11 Å². The molecule has 0 saturated heterocycles. The summed E-state index contributed by atoms with van der Waals surface area (Å²) < 4.78 is 5.63. The van der Waals surface area contributed by atoms with Gasteiger partial charge in [0, 0.05) is 12.0 Å². The van der Waals surface area contributed by atoms with E-state index in [1.807, 2.05) is 37.3 Å². The molecule has 116 valence electrons. The molecule has 0 aliphatic heterocycles. The molecule has 1 aliphatic carbocycles. The molecule has 0 aromatic heterocycles. The third-order valence-corrected chi connectivity index (χ3v) is 3.62. The molecule has 1 fully saturated rings. The number of hydrogen-bond acceptors (Lipinski definition) is 3. The van der Waals surface area contributed by atoms with Crippen molar-refractivity contribution in [3.8, 4) is 5.75 Å². The number of guanidine groups is 1. The Morgan fingerprint density at radius 3 is 2.67 bits per heavy atom. The molecule has 1 aliphatic rings. The number of para-hydroxylation sites is 1. The zero-order chi connectivity index (χ0) is 15.0. The molecule has 0 atom stereocenters. The molecule has 0 heterocycles. The van der Waals surface area contributed by atoms with Gasteiger partial charge in [-0.25, -0.2) is 0 Å². The first-order valence-electron chi connectivity index (χ1n) is 7.59. The van der Waals surface area contributed by atoms with Crippen LogP contribution in [0.15, 0.2) is 35.3 Å². The second kappa shape index (κ2) is 7.88. The van der Waals surface area contributed by atoms with Crippen LogP contribution in [0.25, 0.3) is 0 Å². The van der Waals surface area contributed by atoms with Crippen molar-refractivity contribution in [2.75, 3.05) is 32.8 Å². The first-order valence-corrected chi connectivity index (χ1v) is 7.59. The Labute approximate surface area is 126 Å². The van der Waals surface area contributed by atoms with Crippen molar-refractivity contribution in [2.24, 2.45) is 10.4 Å². The lowest BCUT2D eigenvalue weighted by atomic mass is 10.1. The number of ether oxygens (including phenoxy) is 1. The lowest BCUT2D eigenvalue weighted by molar-refractivity contribution is 0.216. The van der Waals surface area contributed by atoms with Crippen molar-refractivity contribution in [1.29, 1.82) is 0 Å². The molecule has 0 radical (unpaired) electrons. The summed E-state index contributed by atoms with van der Waals surface area (Å²) in [6, 6.07) is 9.77. The van der Waals surface area contributed by atoms with Gasteiger partial charge in [-0.05, 0) is 31.9 Å². The monoisotopic (exact) mass is 291 g/mol. The summed E-state index contributed by atoms with van der Waals surface area (Å²) in [4.78, 5) is 4.54. The zero-order valence-corrected chi connectivity index (χ0v) is 12.6. The Morgan fingerprint density at radius 1 is 1.29 bits per heavy atom. The minimum Gasteiger partial charge on any atom is -0.492 e. The Balaban J connectivity index is 1.71. The van der Waals surface area contributed by atoms with Crippen LogP contribution in [-0.2, 0) is 0 Å². The molecule has 0 bridgehead atoms. The van der Waals surface area contributed by atoms with E-state index >= 15 is 0 Å². The third kappa shape index (κ3) is 5.27. The first kappa shape index (κ1) is 15.6. The number of aliphatic imine (C=N–C) groups is 1. The highest BCUT2D eigenvalue weighted by atomic mass is 16.5. The maximum atomic E-state index is 9.31. The van der Waals surface area contributed by atoms with E-state index in [0.717, 1.165) is 31.1 Å². The molecule has 1 aromatic carbocycles. The van der Waals surface area contributed by atoms with E-state index in [-0.39, 0.29) is 12.0 Å². The van der Waals surface area contributed by atoms with Gasteiger partial charge in [-0.15, -0.1) is 0 Å². The first-order chi connectivity index (χ1) is 10.3. The fraction of sp³-hybridized carbons (Fsp3) is 0.562. The zero-order valence-electron chi connectivity index (χ0n) is 12.6. The van der Waals surface area contributed by atoms with Crippen LogP contribution < -0.4 is 15.4 Å². The molecule has 1 aromatic rings. The molecule has 21 heavy (non-hydrogen) atoms. The molecule has 0 amide bonds. The number of hydrogen-bond donors (Lipinski definition) is 3. The van der Waals surface area contributed by atoms with Crippen molar-refractivity contribution in [3.63, 3.8) is 0 Å². The van der Waals surface area contributed by atoms with Gasteiger partial charge in [0.1, 0.15) is 12.4 Å². The highest BCUT2D eigenvalue weighted by Crippen LogP contribution is 2.45. The number of nitrogens with zero attached hydrogens (tertiary/aromatic N) is 1. The molecule has 5 nitrogen and oxygen atoms in total. The van der Waals surface area contributed by atoms with Crippen LogP contribution >= 0.6 is 0 Å². The van der Waals surface area contributed by atoms with Crippen molar-refractivity contribution >= 4 is 5.96 Å². The fourth-order valence-electron chi connectivity index (χ4n) is 1.99. The summed E-state index contributed by atoms with van der Waals surface area (Å²) in [5.74, 6) is 1.66. The van der Waals surface area contributed by atoms with E-state index in [2.05, 4.69) is 15.6 Å². The van der Waals surface area contributed by atoms with Gasteiger partial charge in [-0.3, -0.25) is 4.99 Å².